The number of carbonyl (C=O) groups is 2. The zero-order chi connectivity index (χ0) is 23.4. The van der Waals surface area contributed by atoms with Crippen molar-refractivity contribution in [1.82, 2.24) is 0 Å². The minimum absolute atomic E-state index is 0.0759. The van der Waals surface area contributed by atoms with Crippen LogP contribution in [0, 0.1) is 0 Å². The highest BCUT2D eigenvalue weighted by Gasteiger charge is 2.15. The highest BCUT2D eigenvalue weighted by atomic mass is 16.6. The third-order valence-electron chi connectivity index (χ3n) is 5.37. The Kier molecular flexibility index (Phi) is 15.9. The maximum atomic E-state index is 12.1. The van der Waals surface area contributed by atoms with Crippen molar-refractivity contribution in [2.75, 3.05) is 20.8 Å². The van der Waals surface area contributed by atoms with Crippen LogP contribution >= 0.6 is 0 Å². The van der Waals surface area contributed by atoms with E-state index >= 15 is 0 Å². The Morgan fingerprint density at radius 2 is 1.19 bits per heavy atom. The maximum absolute atomic E-state index is 12.1. The van der Waals surface area contributed by atoms with Crippen molar-refractivity contribution in [3.05, 3.63) is 18.2 Å². The summed E-state index contributed by atoms with van der Waals surface area (Å²) in [6.07, 6.45) is 13.7. The minimum atomic E-state index is -0.291. The van der Waals surface area contributed by atoms with Crippen LogP contribution in [0.3, 0.4) is 0 Å². The van der Waals surface area contributed by atoms with Crippen LogP contribution in [0.5, 0.6) is 17.2 Å². The third kappa shape index (κ3) is 12.6. The molecule has 0 fully saturated rings. The van der Waals surface area contributed by atoms with Gasteiger partial charge in [0.1, 0.15) is 0 Å². The fourth-order valence-corrected chi connectivity index (χ4v) is 3.47. The molecule has 32 heavy (non-hydrogen) atoms. The average Bonchev–Trinajstić information content (AvgIpc) is 2.80. The van der Waals surface area contributed by atoms with Gasteiger partial charge < -0.3 is 18.9 Å². The van der Waals surface area contributed by atoms with Crippen LogP contribution in [0.25, 0.3) is 0 Å². The Bertz CT molecular complexity index is 621. The van der Waals surface area contributed by atoms with E-state index in [0.717, 1.165) is 51.4 Å². The molecule has 0 spiro atoms. The van der Waals surface area contributed by atoms with Gasteiger partial charge in [0.25, 0.3) is 0 Å². The maximum Gasteiger partial charge on any atom is 0.311 e. The molecule has 1 aromatic rings. The smallest absolute Gasteiger partial charge is 0.311 e. The number of benzene rings is 1. The highest BCUT2D eigenvalue weighted by Crippen LogP contribution is 2.37. The molecule has 0 aliphatic rings. The third-order valence-corrected chi connectivity index (χ3v) is 5.37. The number of ether oxygens (including phenoxy) is 4. The van der Waals surface area contributed by atoms with Crippen molar-refractivity contribution in [3.8, 4) is 17.2 Å². The molecular weight excluding hydrogens is 408 g/mol. The predicted molar refractivity (Wildman–Crippen MR) is 126 cm³/mol. The summed E-state index contributed by atoms with van der Waals surface area (Å²) in [6.45, 7) is 2.77. The van der Waals surface area contributed by atoms with E-state index in [1.165, 1.54) is 39.9 Å². The summed E-state index contributed by atoms with van der Waals surface area (Å²) in [5.41, 5.74) is 0. The number of carbonyl (C=O) groups excluding carboxylic acids is 2. The van der Waals surface area contributed by atoms with E-state index in [9.17, 15) is 9.59 Å². The van der Waals surface area contributed by atoms with Crippen molar-refractivity contribution in [1.29, 1.82) is 0 Å². The molecule has 0 saturated carbocycles. The van der Waals surface area contributed by atoms with E-state index in [0.29, 0.717) is 36.7 Å². The number of para-hydroxylation sites is 1. The topological polar surface area (TPSA) is 71.1 Å². The van der Waals surface area contributed by atoms with Crippen molar-refractivity contribution in [3.63, 3.8) is 0 Å². The molecule has 0 amide bonds. The summed E-state index contributed by atoms with van der Waals surface area (Å²) in [4.78, 5) is 23.9. The van der Waals surface area contributed by atoms with Crippen LogP contribution in [0.4, 0.5) is 0 Å². The van der Waals surface area contributed by atoms with Gasteiger partial charge in [-0.25, -0.2) is 0 Å². The molecule has 0 radical (unpaired) electrons. The second kappa shape index (κ2) is 18.3. The standard InChI is InChI=1S/C26H42O6/c1-4-5-6-7-12-15-21-31-24(27)19-13-10-8-9-11-14-20-25(28)32-26-22(29-2)17-16-18-23(26)30-3/h16-18H,4-15,19-21H2,1-3H3. The van der Waals surface area contributed by atoms with E-state index in [1.54, 1.807) is 18.2 Å². The van der Waals surface area contributed by atoms with E-state index in [1.807, 2.05) is 0 Å². The molecule has 0 N–H and O–H groups in total. The first-order valence-corrected chi connectivity index (χ1v) is 12.2. The summed E-state index contributed by atoms with van der Waals surface area (Å²) in [5.74, 6) is 0.909. The van der Waals surface area contributed by atoms with Crippen LogP contribution in [0.1, 0.15) is 96.8 Å². The molecule has 0 aliphatic carbocycles. The molecule has 0 unspecified atom stereocenters. The fourth-order valence-electron chi connectivity index (χ4n) is 3.47. The zero-order valence-electron chi connectivity index (χ0n) is 20.3. The normalized spacial score (nSPS) is 10.6. The molecule has 0 atom stereocenters. The van der Waals surface area contributed by atoms with Crippen molar-refractivity contribution < 1.29 is 28.5 Å². The van der Waals surface area contributed by atoms with E-state index in [-0.39, 0.29) is 11.9 Å². The second-order valence-corrected chi connectivity index (χ2v) is 8.08. The van der Waals surface area contributed by atoms with Gasteiger partial charge in [0.05, 0.1) is 20.8 Å². The van der Waals surface area contributed by atoms with Gasteiger partial charge in [0, 0.05) is 12.8 Å². The molecule has 1 aromatic carbocycles. The van der Waals surface area contributed by atoms with Crippen LogP contribution in [-0.2, 0) is 14.3 Å². The molecule has 0 aromatic heterocycles. The predicted octanol–water partition coefficient (Wildman–Crippen LogP) is 6.63. The van der Waals surface area contributed by atoms with Gasteiger partial charge in [0.15, 0.2) is 11.5 Å². The lowest BCUT2D eigenvalue weighted by Crippen LogP contribution is -2.09. The van der Waals surface area contributed by atoms with Gasteiger partial charge in [0.2, 0.25) is 5.75 Å². The van der Waals surface area contributed by atoms with Crippen molar-refractivity contribution >= 4 is 11.9 Å². The lowest BCUT2D eigenvalue weighted by Gasteiger charge is -2.12. The lowest BCUT2D eigenvalue weighted by molar-refractivity contribution is -0.144. The highest BCUT2D eigenvalue weighted by molar-refractivity contribution is 5.74. The lowest BCUT2D eigenvalue weighted by atomic mass is 10.1. The number of unbranched alkanes of at least 4 members (excludes halogenated alkanes) is 10. The molecular formula is C26H42O6. The summed E-state index contributed by atoms with van der Waals surface area (Å²) in [7, 11) is 3.06. The summed E-state index contributed by atoms with van der Waals surface area (Å²) in [5, 5.41) is 0. The summed E-state index contributed by atoms with van der Waals surface area (Å²) < 4.78 is 21.2. The molecule has 0 bridgehead atoms. The Hall–Kier alpha value is -2.24. The fraction of sp³-hybridized carbons (Fsp3) is 0.692. The summed E-state index contributed by atoms with van der Waals surface area (Å²) >= 11 is 0. The van der Waals surface area contributed by atoms with Crippen LogP contribution < -0.4 is 14.2 Å². The van der Waals surface area contributed by atoms with E-state index in [4.69, 9.17) is 18.9 Å². The first-order chi connectivity index (χ1) is 15.6. The first-order valence-electron chi connectivity index (χ1n) is 12.2. The number of hydrogen-bond donors (Lipinski definition) is 0. The minimum Gasteiger partial charge on any atom is -0.493 e. The molecule has 1 rings (SSSR count). The Labute approximate surface area is 194 Å². The molecule has 0 heterocycles. The number of esters is 2. The van der Waals surface area contributed by atoms with Gasteiger partial charge in [-0.3, -0.25) is 9.59 Å². The number of rotatable bonds is 19. The zero-order valence-corrected chi connectivity index (χ0v) is 20.3. The van der Waals surface area contributed by atoms with Crippen LogP contribution in [0.2, 0.25) is 0 Å². The quantitative estimate of drug-likeness (QED) is 0.134. The first kappa shape index (κ1) is 27.8. The molecule has 6 heteroatoms. The van der Waals surface area contributed by atoms with Crippen LogP contribution in [-0.4, -0.2) is 32.8 Å². The summed E-state index contributed by atoms with van der Waals surface area (Å²) in [6, 6.07) is 5.25. The number of hydrogen-bond acceptors (Lipinski definition) is 6. The van der Waals surface area contributed by atoms with Gasteiger partial charge in [-0.05, 0) is 31.4 Å². The SMILES string of the molecule is CCCCCCCCOC(=O)CCCCCCCCC(=O)Oc1c(OC)cccc1OC. The monoisotopic (exact) mass is 450 g/mol. The average molecular weight is 451 g/mol. The largest absolute Gasteiger partial charge is 0.493 e. The van der Waals surface area contributed by atoms with Gasteiger partial charge in [-0.15, -0.1) is 0 Å². The molecule has 0 aliphatic heterocycles. The van der Waals surface area contributed by atoms with Crippen molar-refractivity contribution in [2.45, 2.75) is 96.8 Å². The van der Waals surface area contributed by atoms with Crippen LogP contribution in [0.15, 0.2) is 18.2 Å². The van der Waals surface area contributed by atoms with E-state index < -0.39 is 0 Å². The second-order valence-electron chi connectivity index (χ2n) is 8.08. The van der Waals surface area contributed by atoms with Gasteiger partial charge in [-0.1, -0.05) is 70.8 Å². The van der Waals surface area contributed by atoms with Gasteiger partial charge in [-0.2, -0.15) is 0 Å². The molecule has 182 valence electrons. The Balaban J connectivity index is 2.02. The molecule has 6 nitrogen and oxygen atoms in total. The number of methoxy groups -OCH3 is 2. The van der Waals surface area contributed by atoms with E-state index in [2.05, 4.69) is 6.92 Å². The molecule has 0 saturated heterocycles. The Morgan fingerprint density at radius 3 is 1.75 bits per heavy atom. The van der Waals surface area contributed by atoms with Crippen molar-refractivity contribution in [2.24, 2.45) is 0 Å². The van der Waals surface area contributed by atoms with Gasteiger partial charge >= 0.3 is 11.9 Å². The Morgan fingerprint density at radius 1 is 0.688 bits per heavy atom.